The molecule has 0 saturated carbocycles. The quantitative estimate of drug-likeness (QED) is 0.752. The Morgan fingerprint density at radius 3 is 2.52 bits per heavy atom. The number of rotatable bonds is 5. The van der Waals surface area contributed by atoms with Gasteiger partial charge in [0.1, 0.15) is 11.6 Å². The van der Waals surface area contributed by atoms with E-state index < -0.39 is 27.6 Å². The van der Waals surface area contributed by atoms with Gasteiger partial charge in [-0.25, -0.2) is 12.8 Å². The van der Waals surface area contributed by atoms with Crippen molar-refractivity contribution in [3.63, 3.8) is 0 Å². The van der Waals surface area contributed by atoms with Crippen molar-refractivity contribution >= 4 is 33.0 Å². The summed E-state index contributed by atoms with van der Waals surface area (Å²) < 4.78 is 43.4. The lowest BCUT2D eigenvalue weighted by Gasteiger charge is -2.28. The molecule has 1 unspecified atom stereocenters. The van der Waals surface area contributed by atoms with E-state index in [1.807, 2.05) is 6.92 Å². The van der Waals surface area contributed by atoms with Crippen molar-refractivity contribution in [1.82, 2.24) is 0 Å². The van der Waals surface area contributed by atoms with Crippen LogP contribution >= 0.6 is 11.6 Å². The van der Waals surface area contributed by atoms with Gasteiger partial charge in [-0.05, 0) is 49.4 Å². The second kappa shape index (κ2) is 7.70. The molecule has 5 nitrogen and oxygen atoms in total. The molecule has 1 atom stereocenters. The number of amides is 1. The highest BCUT2D eigenvalue weighted by Gasteiger charge is 2.33. The predicted octanol–water partition coefficient (Wildman–Crippen LogP) is 3.84. The van der Waals surface area contributed by atoms with Gasteiger partial charge in [0.15, 0.2) is 9.84 Å². The third-order valence-corrected chi connectivity index (χ3v) is 5.76. The maximum atomic E-state index is 14.3. The smallest absolute Gasteiger partial charge is 0.263 e. The van der Waals surface area contributed by atoms with Crippen LogP contribution in [0.1, 0.15) is 17.3 Å². The molecule has 1 aliphatic heterocycles. The molecule has 0 aromatic heterocycles. The Hall–Kier alpha value is -2.38. The second-order valence-electron chi connectivity index (χ2n) is 5.92. The molecule has 0 spiro atoms. The number of halogens is 2. The zero-order valence-electron chi connectivity index (χ0n) is 14.4. The first-order valence-corrected chi connectivity index (χ1v) is 10.3. The standard InChI is InChI=1S/C19H17ClFNO4S/c1-2-26-15-8-6-13(7-9-15)22(14-10-11-27(24,25)12-14)19(23)18-16(20)4-3-5-17(18)21/h3-11,14H,2,12H2,1H3. The fourth-order valence-electron chi connectivity index (χ4n) is 2.87. The molecule has 0 N–H and O–H groups in total. The summed E-state index contributed by atoms with van der Waals surface area (Å²) in [6.45, 7) is 2.33. The molecule has 2 aromatic rings. The number of carbonyl (C=O) groups excluding carboxylic acids is 1. The van der Waals surface area contributed by atoms with E-state index in [9.17, 15) is 17.6 Å². The highest BCUT2D eigenvalue weighted by Crippen LogP contribution is 2.29. The average Bonchev–Trinajstić information content (AvgIpc) is 2.96. The summed E-state index contributed by atoms with van der Waals surface area (Å²) in [5, 5.41) is 1.02. The van der Waals surface area contributed by atoms with Gasteiger partial charge >= 0.3 is 0 Å². The van der Waals surface area contributed by atoms with Gasteiger partial charge in [0, 0.05) is 11.1 Å². The maximum absolute atomic E-state index is 14.3. The van der Waals surface area contributed by atoms with E-state index in [-0.39, 0.29) is 16.3 Å². The van der Waals surface area contributed by atoms with E-state index in [1.54, 1.807) is 24.3 Å². The molecule has 0 bridgehead atoms. The lowest BCUT2D eigenvalue weighted by molar-refractivity contribution is 0.0979. The van der Waals surface area contributed by atoms with Crippen molar-refractivity contribution in [1.29, 1.82) is 0 Å². The molecule has 0 radical (unpaired) electrons. The highest BCUT2D eigenvalue weighted by molar-refractivity contribution is 7.94. The Morgan fingerprint density at radius 1 is 1.26 bits per heavy atom. The number of nitrogens with zero attached hydrogens (tertiary/aromatic N) is 1. The van der Waals surface area contributed by atoms with Gasteiger partial charge in [0.25, 0.3) is 5.91 Å². The minimum atomic E-state index is -3.43. The van der Waals surface area contributed by atoms with Gasteiger partial charge in [-0.3, -0.25) is 4.79 Å². The molecular weight excluding hydrogens is 393 g/mol. The van der Waals surface area contributed by atoms with Crippen LogP contribution in [0, 0.1) is 5.82 Å². The Kier molecular flexibility index (Phi) is 5.53. The summed E-state index contributed by atoms with van der Waals surface area (Å²) in [5.41, 5.74) is 0.111. The summed E-state index contributed by atoms with van der Waals surface area (Å²) in [5.74, 6) is -1.16. The number of benzene rings is 2. The van der Waals surface area contributed by atoms with Crippen LogP contribution in [0.4, 0.5) is 10.1 Å². The zero-order chi connectivity index (χ0) is 19.6. The van der Waals surface area contributed by atoms with E-state index in [0.29, 0.717) is 18.0 Å². The molecule has 3 rings (SSSR count). The third-order valence-electron chi connectivity index (χ3n) is 4.06. The first kappa shape index (κ1) is 19.4. The molecule has 1 aliphatic rings. The van der Waals surface area contributed by atoms with E-state index in [4.69, 9.17) is 16.3 Å². The van der Waals surface area contributed by atoms with E-state index in [2.05, 4.69) is 0 Å². The molecule has 1 amide bonds. The predicted molar refractivity (Wildman–Crippen MR) is 103 cm³/mol. The zero-order valence-corrected chi connectivity index (χ0v) is 16.0. The van der Waals surface area contributed by atoms with Gasteiger partial charge in [-0.2, -0.15) is 0 Å². The fraction of sp³-hybridized carbons (Fsp3) is 0.211. The highest BCUT2D eigenvalue weighted by atomic mass is 35.5. The summed E-state index contributed by atoms with van der Waals surface area (Å²) in [6, 6.07) is 9.75. The van der Waals surface area contributed by atoms with Gasteiger partial charge in [0.2, 0.25) is 0 Å². The molecule has 142 valence electrons. The molecule has 1 heterocycles. The van der Waals surface area contributed by atoms with Gasteiger partial charge < -0.3 is 9.64 Å². The Bertz CT molecular complexity index is 969. The molecule has 8 heteroatoms. The SMILES string of the molecule is CCOc1ccc(N(C(=O)c2c(F)cccc2Cl)C2C=CS(=O)(=O)C2)cc1. The third kappa shape index (κ3) is 4.14. The van der Waals surface area contributed by atoms with Crippen LogP contribution in [0.25, 0.3) is 0 Å². The number of anilines is 1. The molecule has 0 aliphatic carbocycles. The minimum absolute atomic E-state index is 0.0410. The van der Waals surface area contributed by atoms with Crippen molar-refractivity contribution in [2.45, 2.75) is 13.0 Å². The van der Waals surface area contributed by atoms with Crippen LogP contribution in [0.5, 0.6) is 5.75 Å². The Morgan fingerprint density at radius 2 is 1.96 bits per heavy atom. The Balaban J connectivity index is 2.05. The minimum Gasteiger partial charge on any atom is -0.494 e. The first-order valence-electron chi connectivity index (χ1n) is 8.24. The van der Waals surface area contributed by atoms with Crippen LogP contribution in [-0.4, -0.2) is 32.7 Å². The van der Waals surface area contributed by atoms with Crippen molar-refractivity contribution in [2.24, 2.45) is 0 Å². The lowest BCUT2D eigenvalue weighted by Crippen LogP contribution is -2.41. The van der Waals surface area contributed by atoms with Crippen molar-refractivity contribution < 1.29 is 22.3 Å². The fourth-order valence-corrected chi connectivity index (χ4v) is 4.38. The normalized spacial score (nSPS) is 17.7. The van der Waals surface area contributed by atoms with Crippen LogP contribution in [-0.2, 0) is 9.84 Å². The summed E-state index contributed by atoms with van der Waals surface area (Å²) in [4.78, 5) is 14.4. The van der Waals surface area contributed by atoms with Crippen LogP contribution < -0.4 is 9.64 Å². The maximum Gasteiger partial charge on any atom is 0.263 e. The topological polar surface area (TPSA) is 63.7 Å². The van der Waals surface area contributed by atoms with Gasteiger partial charge in [-0.15, -0.1) is 0 Å². The largest absolute Gasteiger partial charge is 0.494 e. The number of sulfone groups is 1. The second-order valence-corrected chi connectivity index (χ2v) is 8.26. The van der Waals surface area contributed by atoms with Crippen molar-refractivity contribution in [3.8, 4) is 5.75 Å². The monoisotopic (exact) mass is 409 g/mol. The summed E-state index contributed by atoms with van der Waals surface area (Å²) in [6.07, 6.45) is 1.42. The number of ether oxygens (including phenoxy) is 1. The van der Waals surface area contributed by atoms with E-state index in [0.717, 1.165) is 11.5 Å². The molecule has 2 aromatic carbocycles. The van der Waals surface area contributed by atoms with Crippen molar-refractivity contribution in [2.75, 3.05) is 17.3 Å². The first-order chi connectivity index (χ1) is 12.8. The molecule has 27 heavy (non-hydrogen) atoms. The Labute approximate surface area is 161 Å². The summed E-state index contributed by atoms with van der Waals surface area (Å²) >= 11 is 6.04. The number of hydrogen-bond donors (Lipinski definition) is 0. The molecule has 0 fully saturated rings. The lowest BCUT2D eigenvalue weighted by atomic mass is 10.1. The molecule has 0 saturated heterocycles. The average molecular weight is 410 g/mol. The van der Waals surface area contributed by atoms with Gasteiger partial charge in [-0.1, -0.05) is 17.7 Å². The van der Waals surface area contributed by atoms with E-state index in [1.165, 1.54) is 23.1 Å². The van der Waals surface area contributed by atoms with Crippen LogP contribution in [0.3, 0.4) is 0 Å². The number of carbonyl (C=O) groups is 1. The van der Waals surface area contributed by atoms with Crippen LogP contribution in [0.2, 0.25) is 5.02 Å². The van der Waals surface area contributed by atoms with Crippen LogP contribution in [0.15, 0.2) is 53.9 Å². The number of hydrogen-bond acceptors (Lipinski definition) is 4. The van der Waals surface area contributed by atoms with E-state index >= 15 is 0 Å². The molecular formula is C19H17ClFNO4S. The van der Waals surface area contributed by atoms with Crippen molar-refractivity contribution in [3.05, 3.63) is 70.4 Å². The summed E-state index contributed by atoms with van der Waals surface area (Å²) in [7, 11) is -3.43. The van der Waals surface area contributed by atoms with Gasteiger partial charge in [0.05, 0.1) is 29.0 Å².